The number of likely N-dealkylation sites (tertiary alicyclic amines) is 1. The van der Waals surface area contributed by atoms with E-state index in [0.717, 1.165) is 25.9 Å². The molecular formula is C15H22FN3O. The van der Waals surface area contributed by atoms with E-state index in [-0.39, 0.29) is 11.7 Å². The Labute approximate surface area is 119 Å². The van der Waals surface area contributed by atoms with Crippen LogP contribution in [0.2, 0.25) is 0 Å². The molecule has 1 amide bonds. The van der Waals surface area contributed by atoms with Gasteiger partial charge in [-0.2, -0.15) is 0 Å². The first-order chi connectivity index (χ1) is 9.60. The van der Waals surface area contributed by atoms with Crippen molar-refractivity contribution in [2.75, 3.05) is 32.0 Å². The third kappa shape index (κ3) is 3.77. The fourth-order valence-electron chi connectivity index (χ4n) is 2.63. The number of rotatable bonds is 5. The standard InChI is InChI=1S/C15H22FN3O/c1-11-5-6-12(8-14(11)16)18-15(20)10-19-7-3-4-13(19)9-17-2/h5-6,8,13,17H,3-4,7,9-10H2,1-2H3,(H,18,20). The first kappa shape index (κ1) is 14.9. The number of nitrogens with one attached hydrogen (secondary N) is 2. The smallest absolute Gasteiger partial charge is 0.238 e. The van der Waals surface area contributed by atoms with Gasteiger partial charge in [0.25, 0.3) is 0 Å². The van der Waals surface area contributed by atoms with Gasteiger partial charge in [-0.25, -0.2) is 4.39 Å². The minimum atomic E-state index is -0.294. The number of likely N-dealkylation sites (N-methyl/N-ethyl adjacent to an activating group) is 1. The maximum Gasteiger partial charge on any atom is 0.238 e. The molecule has 1 fully saturated rings. The number of hydrogen-bond donors (Lipinski definition) is 2. The lowest BCUT2D eigenvalue weighted by molar-refractivity contribution is -0.117. The summed E-state index contributed by atoms with van der Waals surface area (Å²) < 4.78 is 13.4. The Morgan fingerprint density at radius 1 is 1.50 bits per heavy atom. The van der Waals surface area contributed by atoms with Gasteiger partial charge in [0, 0.05) is 18.3 Å². The Kier molecular flexibility index (Phi) is 5.09. The SMILES string of the molecule is CNCC1CCCN1CC(=O)Nc1ccc(C)c(F)c1. The Bertz CT molecular complexity index is 478. The Morgan fingerprint density at radius 3 is 3.00 bits per heavy atom. The van der Waals surface area contributed by atoms with Gasteiger partial charge in [-0.15, -0.1) is 0 Å². The summed E-state index contributed by atoms with van der Waals surface area (Å²) in [6.45, 7) is 3.91. The first-order valence-corrected chi connectivity index (χ1v) is 7.05. The molecule has 20 heavy (non-hydrogen) atoms. The van der Waals surface area contributed by atoms with E-state index in [0.29, 0.717) is 23.8 Å². The van der Waals surface area contributed by atoms with Gasteiger partial charge >= 0.3 is 0 Å². The molecule has 0 spiro atoms. The molecule has 110 valence electrons. The average molecular weight is 279 g/mol. The summed E-state index contributed by atoms with van der Waals surface area (Å²) in [4.78, 5) is 14.2. The number of carbonyl (C=O) groups excluding carboxylic acids is 1. The topological polar surface area (TPSA) is 44.4 Å². The summed E-state index contributed by atoms with van der Waals surface area (Å²) >= 11 is 0. The highest BCUT2D eigenvalue weighted by molar-refractivity contribution is 5.92. The third-order valence-electron chi connectivity index (χ3n) is 3.74. The summed E-state index contributed by atoms with van der Waals surface area (Å²) in [5, 5.41) is 5.91. The van der Waals surface area contributed by atoms with Crippen LogP contribution in [-0.4, -0.2) is 43.5 Å². The Morgan fingerprint density at radius 2 is 2.30 bits per heavy atom. The van der Waals surface area contributed by atoms with Gasteiger partial charge in [0.15, 0.2) is 0 Å². The summed E-state index contributed by atoms with van der Waals surface area (Å²) in [6.07, 6.45) is 2.24. The second kappa shape index (κ2) is 6.81. The molecule has 1 aliphatic rings. The minimum absolute atomic E-state index is 0.0868. The molecule has 5 heteroatoms. The number of benzene rings is 1. The van der Waals surface area contributed by atoms with Crippen molar-refractivity contribution in [3.05, 3.63) is 29.6 Å². The van der Waals surface area contributed by atoms with Crippen molar-refractivity contribution in [1.82, 2.24) is 10.2 Å². The van der Waals surface area contributed by atoms with Crippen molar-refractivity contribution < 1.29 is 9.18 Å². The van der Waals surface area contributed by atoms with Crippen molar-refractivity contribution in [3.8, 4) is 0 Å². The van der Waals surface area contributed by atoms with Crippen LogP contribution in [-0.2, 0) is 4.79 Å². The van der Waals surface area contributed by atoms with E-state index in [1.807, 2.05) is 7.05 Å². The van der Waals surface area contributed by atoms with Gasteiger partial charge in [-0.3, -0.25) is 9.69 Å². The summed E-state index contributed by atoms with van der Waals surface area (Å²) in [6, 6.07) is 5.18. The lowest BCUT2D eigenvalue weighted by atomic mass is 10.2. The molecule has 0 aliphatic carbocycles. The number of aryl methyl sites for hydroxylation is 1. The molecule has 1 heterocycles. The fraction of sp³-hybridized carbons (Fsp3) is 0.533. The first-order valence-electron chi connectivity index (χ1n) is 7.05. The van der Waals surface area contributed by atoms with E-state index in [2.05, 4.69) is 15.5 Å². The second-order valence-electron chi connectivity index (χ2n) is 5.34. The molecule has 1 aromatic carbocycles. The van der Waals surface area contributed by atoms with Crippen LogP contribution in [0.3, 0.4) is 0 Å². The van der Waals surface area contributed by atoms with E-state index in [1.54, 1.807) is 19.1 Å². The predicted molar refractivity (Wildman–Crippen MR) is 78.3 cm³/mol. The zero-order chi connectivity index (χ0) is 14.5. The summed E-state index contributed by atoms with van der Waals surface area (Å²) in [7, 11) is 1.92. The highest BCUT2D eigenvalue weighted by Crippen LogP contribution is 2.17. The largest absolute Gasteiger partial charge is 0.325 e. The van der Waals surface area contributed by atoms with Crippen molar-refractivity contribution in [3.63, 3.8) is 0 Å². The summed E-state index contributed by atoms with van der Waals surface area (Å²) in [5.74, 6) is -0.381. The second-order valence-corrected chi connectivity index (χ2v) is 5.34. The lowest BCUT2D eigenvalue weighted by Gasteiger charge is -2.23. The van der Waals surface area contributed by atoms with E-state index in [4.69, 9.17) is 0 Å². The van der Waals surface area contributed by atoms with Crippen LogP contribution in [0.5, 0.6) is 0 Å². The number of halogens is 1. The number of amides is 1. The predicted octanol–water partition coefficient (Wildman–Crippen LogP) is 1.76. The van der Waals surface area contributed by atoms with Gasteiger partial charge in [0.05, 0.1) is 6.54 Å². The highest BCUT2D eigenvalue weighted by Gasteiger charge is 2.25. The lowest BCUT2D eigenvalue weighted by Crippen LogP contribution is -2.41. The molecule has 1 atom stereocenters. The number of hydrogen-bond acceptors (Lipinski definition) is 3. The zero-order valence-electron chi connectivity index (χ0n) is 12.1. The van der Waals surface area contributed by atoms with Crippen molar-refractivity contribution >= 4 is 11.6 Å². The monoisotopic (exact) mass is 279 g/mol. The molecular weight excluding hydrogens is 257 g/mol. The van der Waals surface area contributed by atoms with Crippen LogP contribution in [0.1, 0.15) is 18.4 Å². The van der Waals surface area contributed by atoms with Crippen molar-refractivity contribution in [2.45, 2.75) is 25.8 Å². The normalized spacial score (nSPS) is 19.2. The van der Waals surface area contributed by atoms with Crippen molar-refractivity contribution in [1.29, 1.82) is 0 Å². The Balaban J connectivity index is 1.90. The average Bonchev–Trinajstić information content (AvgIpc) is 2.82. The highest BCUT2D eigenvalue weighted by atomic mass is 19.1. The van der Waals surface area contributed by atoms with Crippen LogP contribution in [0.4, 0.5) is 10.1 Å². The zero-order valence-corrected chi connectivity index (χ0v) is 12.1. The van der Waals surface area contributed by atoms with Gasteiger partial charge in [-0.05, 0) is 51.1 Å². The number of carbonyl (C=O) groups is 1. The van der Waals surface area contributed by atoms with Crippen LogP contribution >= 0.6 is 0 Å². The maximum atomic E-state index is 13.4. The van der Waals surface area contributed by atoms with Crippen LogP contribution < -0.4 is 10.6 Å². The Hall–Kier alpha value is -1.46. The maximum absolute atomic E-state index is 13.4. The van der Waals surface area contributed by atoms with Crippen LogP contribution in [0, 0.1) is 12.7 Å². The number of anilines is 1. The number of nitrogens with zero attached hydrogens (tertiary/aromatic N) is 1. The molecule has 2 N–H and O–H groups in total. The van der Waals surface area contributed by atoms with Gasteiger partial charge in [0.2, 0.25) is 5.91 Å². The molecule has 2 rings (SSSR count). The van der Waals surface area contributed by atoms with E-state index >= 15 is 0 Å². The molecule has 1 saturated heterocycles. The quantitative estimate of drug-likeness (QED) is 0.863. The van der Waals surface area contributed by atoms with Gasteiger partial charge in [0.1, 0.15) is 5.82 Å². The van der Waals surface area contributed by atoms with Gasteiger partial charge < -0.3 is 10.6 Å². The fourth-order valence-corrected chi connectivity index (χ4v) is 2.63. The van der Waals surface area contributed by atoms with Crippen molar-refractivity contribution in [2.24, 2.45) is 0 Å². The summed E-state index contributed by atoms with van der Waals surface area (Å²) in [5.41, 5.74) is 1.10. The molecule has 0 aromatic heterocycles. The molecule has 0 radical (unpaired) electrons. The van der Waals surface area contributed by atoms with E-state index < -0.39 is 0 Å². The van der Waals surface area contributed by atoms with Crippen LogP contribution in [0.15, 0.2) is 18.2 Å². The minimum Gasteiger partial charge on any atom is -0.325 e. The molecule has 4 nitrogen and oxygen atoms in total. The van der Waals surface area contributed by atoms with Crippen LogP contribution in [0.25, 0.3) is 0 Å². The molecule has 1 unspecified atom stereocenters. The van der Waals surface area contributed by atoms with Gasteiger partial charge in [-0.1, -0.05) is 6.07 Å². The molecule has 1 aromatic rings. The molecule has 1 aliphatic heterocycles. The van der Waals surface area contributed by atoms with E-state index in [1.165, 1.54) is 6.07 Å². The van der Waals surface area contributed by atoms with E-state index in [9.17, 15) is 9.18 Å². The third-order valence-corrected chi connectivity index (χ3v) is 3.74. The molecule has 0 bridgehead atoms. The molecule has 0 saturated carbocycles.